The lowest BCUT2D eigenvalue weighted by molar-refractivity contribution is -0.147. The molecular weight excluding hydrogens is 192 g/mol. The van der Waals surface area contributed by atoms with Crippen LogP contribution >= 0.6 is 0 Å². The van der Waals surface area contributed by atoms with Crippen molar-refractivity contribution in [3.05, 3.63) is 12.8 Å². The van der Waals surface area contributed by atoms with Crippen molar-refractivity contribution in [2.75, 3.05) is 6.61 Å². The van der Waals surface area contributed by atoms with E-state index < -0.39 is 0 Å². The molecule has 15 heavy (non-hydrogen) atoms. The van der Waals surface area contributed by atoms with E-state index in [2.05, 4.69) is 6.58 Å². The summed E-state index contributed by atoms with van der Waals surface area (Å²) in [6, 6.07) is 0. The van der Waals surface area contributed by atoms with Crippen LogP contribution in [0, 0.1) is 0 Å². The minimum absolute atomic E-state index is 0.00140. The summed E-state index contributed by atoms with van der Waals surface area (Å²) in [4.78, 5) is 11.1. The fourth-order valence-corrected chi connectivity index (χ4v) is 1.21. The van der Waals surface area contributed by atoms with E-state index in [0.29, 0.717) is 6.42 Å². The lowest BCUT2D eigenvalue weighted by Crippen LogP contribution is -2.10. The van der Waals surface area contributed by atoms with Crippen molar-refractivity contribution in [3.8, 4) is 0 Å². The summed E-state index contributed by atoms with van der Waals surface area (Å²) in [7, 11) is 0. The van der Waals surface area contributed by atoms with E-state index >= 15 is 0 Å². The van der Waals surface area contributed by atoms with Gasteiger partial charge < -0.3 is 9.47 Å². The quantitative estimate of drug-likeness (QED) is 0.336. The second-order valence-electron chi connectivity index (χ2n) is 3.74. The number of esters is 1. The van der Waals surface area contributed by atoms with E-state index in [9.17, 15) is 4.79 Å². The SMILES string of the molecule is C=COCCCCCCC(=O)OC(C)C. The maximum absolute atomic E-state index is 11.1. The highest BCUT2D eigenvalue weighted by Crippen LogP contribution is 2.05. The van der Waals surface area contributed by atoms with E-state index in [1.807, 2.05) is 13.8 Å². The van der Waals surface area contributed by atoms with Crippen molar-refractivity contribution in [1.82, 2.24) is 0 Å². The summed E-state index contributed by atoms with van der Waals surface area (Å²) >= 11 is 0. The fraction of sp³-hybridized carbons (Fsp3) is 0.750. The Labute approximate surface area is 92.5 Å². The van der Waals surface area contributed by atoms with E-state index in [1.165, 1.54) is 6.26 Å². The van der Waals surface area contributed by atoms with Crippen molar-refractivity contribution in [3.63, 3.8) is 0 Å². The zero-order valence-electron chi connectivity index (χ0n) is 9.83. The standard InChI is InChI=1S/C12H22O3/c1-4-14-10-8-6-5-7-9-12(13)15-11(2)3/h4,11H,1,5-10H2,2-3H3. The van der Waals surface area contributed by atoms with E-state index in [4.69, 9.17) is 9.47 Å². The summed E-state index contributed by atoms with van der Waals surface area (Å²) in [6.45, 7) is 7.92. The third kappa shape index (κ3) is 10.9. The maximum atomic E-state index is 11.1. The summed E-state index contributed by atoms with van der Waals surface area (Å²) < 4.78 is 10.0. The third-order valence-corrected chi connectivity index (χ3v) is 1.88. The molecule has 0 amide bonds. The summed E-state index contributed by atoms with van der Waals surface area (Å²) in [5, 5.41) is 0. The topological polar surface area (TPSA) is 35.5 Å². The van der Waals surface area contributed by atoms with Crippen LogP contribution in [0.3, 0.4) is 0 Å². The maximum Gasteiger partial charge on any atom is 0.306 e. The van der Waals surface area contributed by atoms with Gasteiger partial charge >= 0.3 is 5.97 Å². The van der Waals surface area contributed by atoms with Crippen LogP contribution < -0.4 is 0 Å². The minimum Gasteiger partial charge on any atom is -0.502 e. The van der Waals surface area contributed by atoms with Crippen LogP contribution in [-0.2, 0) is 14.3 Å². The molecule has 0 heterocycles. The average molecular weight is 214 g/mol. The van der Waals surface area contributed by atoms with Crippen LogP contribution in [0.5, 0.6) is 0 Å². The lowest BCUT2D eigenvalue weighted by atomic mass is 10.1. The highest BCUT2D eigenvalue weighted by molar-refractivity contribution is 5.69. The molecule has 0 spiro atoms. The summed E-state index contributed by atoms with van der Waals surface area (Å²) in [6.07, 6.45) is 6.04. The van der Waals surface area contributed by atoms with Gasteiger partial charge in [0.25, 0.3) is 0 Å². The van der Waals surface area contributed by atoms with Crippen molar-refractivity contribution >= 4 is 5.97 Å². The highest BCUT2D eigenvalue weighted by atomic mass is 16.5. The van der Waals surface area contributed by atoms with Gasteiger partial charge in [0.15, 0.2) is 0 Å². The van der Waals surface area contributed by atoms with E-state index in [1.54, 1.807) is 0 Å². The number of hydrogen-bond acceptors (Lipinski definition) is 3. The largest absolute Gasteiger partial charge is 0.502 e. The van der Waals surface area contributed by atoms with Crippen LogP contribution in [-0.4, -0.2) is 18.7 Å². The first-order valence-electron chi connectivity index (χ1n) is 5.58. The molecule has 0 bridgehead atoms. The number of ether oxygens (including phenoxy) is 2. The highest BCUT2D eigenvalue weighted by Gasteiger charge is 2.04. The van der Waals surface area contributed by atoms with E-state index in [0.717, 1.165) is 32.3 Å². The van der Waals surface area contributed by atoms with Crippen LogP contribution in [0.15, 0.2) is 12.8 Å². The zero-order chi connectivity index (χ0) is 11.5. The number of rotatable bonds is 9. The molecule has 0 fully saturated rings. The second-order valence-corrected chi connectivity index (χ2v) is 3.74. The minimum atomic E-state index is -0.0904. The number of hydrogen-bond donors (Lipinski definition) is 0. The van der Waals surface area contributed by atoms with Crippen LogP contribution in [0.2, 0.25) is 0 Å². The molecule has 0 rings (SSSR count). The smallest absolute Gasteiger partial charge is 0.306 e. The van der Waals surface area contributed by atoms with Crippen LogP contribution in [0.25, 0.3) is 0 Å². The average Bonchev–Trinajstić information content (AvgIpc) is 2.15. The number of carbonyl (C=O) groups is 1. The molecule has 88 valence electrons. The van der Waals surface area contributed by atoms with Crippen LogP contribution in [0.4, 0.5) is 0 Å². The predicted octanol–water partition coefficient (Wildman–Crippen LogP) is 3.05. The van der Waals surface area contributed by atoms with Gasteiger partial charge in [0.1, 0.15) is 0 Å². The molecule has 0 N–H and O–H groups in total. The van der Waals surface area contributed by atoms with Crippen LogP contribution in [0.1, 0.15) is 46.0 Å². The van der Waals surface area contributed by atoms with Gasteiger partial charge in [-0.1, -0.05) is 19.4 Å². The monoisotopic (exact) mass is 214 g/mol. The van der Waals surface area contributed by atoms with Crippen molar-refractivity contribution < 1.29 is 14.3 Å². The Morgan fingerprint density at radius 2 is 1.93 bits per heavy atom. The molecule has 0 aliphatic carbocycles. The molecule has 3 nitrogen and oxygen atoms in total. The Morgan fingerprint density at radius 1 is 1.27 bits per heavy atom. The normalized spacial score (nSPS) is 10.1. The van der Waals surface area contributed by atoms with Gasteiger partial charge in [-0.25, -0.2) is 0 Å². The van der Waals surface area contributed by atoms with Gasteiger partial charge in [-0.05, 0) is 26.7 Å². The molecule has 0 radical (unpaired) electrons. The Kier molecular flexibility index (Phi) is 8.93. The molecule has 0 saturated heterocycles. The fourth-order valence-electron chi connectivity index (χ4n) is 1.21. The predicted molar refractivity (Wildman–Crippen MR) is 60.5 cm³/mol. The van der Waals surface area contributed by atoms with Crippen molar-refractivity contribution in [1.29, 1.82) is 0 Å². The van der Waals surface area contributed by atoms with Crippen molar-refractivity contribution in [2.45, 2.75) is 52.1 Å². The molecule has 0 saturated carbocycles. The van der Waals surface area contributed by atoms with E-state index in [-0.39, 0.29) is 12.1 Å². The first-order chi connectivity index (χ1) is 7.16. The molecule has 0 aliphatic heterocycles. The Balaban J connectivity index is 3.16. The van der Waals surface area contributed by atoms with Crippen molar-refractivity contribution in [2.24, 2.45) is 0 Å². The van der Waals surface area contributed by atoms with Gasteiger partial charge in [-0.15, -0.1) is 0 Å². The Morgan fingerprint density at radius 3 is 2.53 bits per heavy atom. The molecule has 0 aliphatic rings. The number of carbonyl (C=O) groups excluding carboxylic acids is 1. The molecule has 0 unspecified atom stereocenters. The molecule has 3 heteroatoms. The zero-order valence-corrected chi connectivity index (χ0v) is 9.83. The lowest BCUT2D eigenvalue weighted by Gasteiger charge is -2.07. The molecule has 0 atom stereocenters. The first-order valence-corrected chi connectivity index (χ1v) is 5.58. The van der Waals surface area contributed by atoms with Gasteiger partial charge in [0.05, 0.1) is 19.0 Å². The third-order valence-electron chi connectivity index (χ3n) is 1.88. The molecular formula is C12H22O3. The Bertz CT molecular complexity index is 176. The summed E-state index contributed by atoms with van der Waals surface area (Å²) in [5.41, 5.74) is 0. The first kappa shape index (κ1) is 14.0. The summed E-state index contributed by atoms with van der Waals surface area (Å²) in [5.74, 6) is -0.0904. The molecule has 0 aromatic rings. The number of unbranched alkanes of at least 4 members (excludes halogenated alkanes) is 3. The second kappa shape index (κ2) is 9.56. The molecule has 0 aromatic heterocycles. The molecule has 0 aromatic carbocycles. The Hall–Kier alpha value is -0.990. The van der Waals surface area contributed by atoms with Gasteiger partial charge in [-0.3, -0.25) is 4.79 Å². The van der Waals surface area contributed by atoms with Gasteiger partial charge in [0.2, 0.25) is 0 Å². The van der Waals surface area contributed by atoms with Gasteiger partial charge in [0, 0.05) is 6.42 Å². The van der Waals surface area contributed by atoms with Gasteiger partial charge in [-0.2, -0.15) is 0 Å².